The Morgan fingerprint density at radius 3 is 2.47 bits per heavy atom. The quantitative estimate of drug-likeness (QED) is 0.835. The first-order valence-electron chi connectivity index (χ1n) is 7.38. The van der Waals surface area contributed by atoms with E-state index in [0.29, 0.717) is 6.04 Å². The lowest BCUT2D eigenvalue weighted by molar-refractivity contribution is 0.00523. The highest BCUT2D eigenvalue weighted by atomic mass is 16.6. The van der Waals surface area contributed by atoms with Gasteiger partial charge in [0.15, 0.2) is 0 Å². The van der Waals surface area contributed by atoms with Crippen LogP contribution in [-0.4, -0.2) is 66.8 Å². The molecule has 2 saturated heterocycles. The van der Waals surface area contributed by atoms with Gasteiger partial charge in [-0.05, 0) is 46.7 Å². The SMILES string of the molecule is CC(C)(C)OC(=O)N1CC(NCCN2CCCC2)C1. The van der Waals surface area contributed by atoms with Gasteiger partial charge in [0.25, 0.3) is 0 Å². The summed E-state index contributed by atoms with van der Waals surface area (Å²) >= 11 is 0. The van der Waals surface area contributed by atoms with Crippen LogP contribution in [0, 0.1) is 0 Å². The van der Waals surface area contributed by atoms with Gasteiger partial charge in [0.1, 0.15) is 5.60 Å². The van der Waals surface area contributed by atoms with E-state index in [9.17, 15) is 4.79 Å². The molecule has 1 amide bonds. The fourth-order valence-electron chi connectivity index (χ4n) is 2.52. The molecule has 0 radical (unpaired) electrons. The molecule has 0 aliphatic carbocycles. The molecule has 2 heterocycles. The molecule has 110 valence electrons. The number of nitrogens with one attached hydrogen (secondary N) is 1. The van der Waals surface area contributed by atoms with Crippen LogP contribution in [0.4, 0.5) is 4.79 Å². The topological polar surface area (TPSA) is 44.8 Å². The maximum atomic E-state index is 11.7. The third kappa shape index (κ3) is 4.66. The minimum Gasteiger partial charge on any atom is -0.444 e. The van der Waals surface area contributed by atoms with Crippen LogP contribution in [0.1, 0.15) is 33.6 Å². The van der Waals surface area contributed by atoms with Crippen LogP contribution >= 0.6 is 0 Å². The highest BCUT2D eigenvalue weighted by Crippen LogP contribution is 2.15. The Kier molecular flexibility index (Phi) is 4.68. The summed E-state index contributed by atoms with van der Waals surface area (Å²) in [4.78, 5) is 16.0. The first kappa shape index (κ1) is 14.6. The zero-order valence-corrected chi connectivity index (χ0v) is 12.4. The predicted octanol–water partition coefficient (Wildman–Crippen LogP) is 1.29. The normalized spacial score (nSPS) is 21.5. The zero-order valence-electron chi connectivity index (χ0n) is 12.4. The van der Waals surface area contributed by atoms with Crippen molar-refractivity contribution >= 4 is 6.09 Å². The number of hydrogen-bond donors (Lipinski definition) is 1. The van der Waals surface area contributed by atoms with Gasteiger partial charge < -0.3 is 19.9 Å². The number of carbonyl (C=O) groups is 1. The van der Waals surface area contributed by atoms with Gasteiger partial charge in [0.05, 0.1) is 0 Å². The van der Waals surface area contributed by atoms with Crippen LogP contribution in [0.3, 0.4) is 0 Å². The Bertz CT molecular complexity index is 302. The van der Waals surface area contributed by atoms with E-state index < -0.39 is 5.60 Å². The molecule has 0 bridgehead atoms. The van der Waals surface area contributed by atoms with Crippen molar-refractivity contribution in [2.45, 2.75) is 45.3 Å². The highest BCUT2D eigenvalue weighted by Gasteiger charge is 2.33. The molecule has 0 spiro atoms. The number of carbonyl (C=O) groups excluding carboxylic acids is 1. The van der Waals surface area contributed by atoms with Crippen LogP contribution < -0.4 is 5.32 Å². The molecule has 2 aliphatic heterocycles. The van der Waals surface area contributed by atoms with E-state index in [1.807, 2.05) is 20.8 Å². The van der Waals surface area contributed by atoms with Crippen molar-refractivity contribution in [3.8, 4) is 0 Å². The van der Waals surface area contributed by atoms with E-state index in [1.165, 1.54) is 25.9 Å². The Labute approximate surface area is 116 Å². The highest BCUT2D eigenvalue weighted by molar-refractivity contribution is 5.69. The van der Waals surface area contributed by atoms with Gasteiger partial charge in [-0.15, -0.1) is 0 Å². The number of hydrogen-bond acceptors (Lipinski definition) is 4. The summed E-state index contributed by atoms with van der Waals surface area (Å²) in [6.45, 7) is 11.9. The molecule has 0 aromatic heterocycles. The molecule has 1 N–H and O–H groups in total. The lowest BCUT2D eigenvalue weighted by atomic mass is 10.1. The summed E-state index contributed by atoms with van der Waals surface area (Å²) in [6.07, 6.45) is 2.50. The van der Waals surface area contributed by atoms with E-state index in [4.69, 9.17) is 4.74 Å². The third-order valence-corrected chi connectivity index (χ3v) is 3.59. The van der Waals surface area contributed by atoms with Gasteiger partial charge in [-0.25, -0.2) is 4.79 Å². The summed E-state index contributed by atoms with van der Waals surface area (Å²) in [5, 5.41) is 3.50. The molecule has 5 nitrogen and oxygen atoms in total. The molecular weight excluding hydrogens is 242 g/mol. The number of rotatable bonds is 4. The predicted molar refractivity (Wildman–Crippen MR) is 75.3 cm³/mol. The Morgan fingerprint density at radius 1 is 1.26 bits per heavy atom. The van der Waals surface area contributed by atoms with E-state index in [1.54, 1.807) is 4.90 Å². The van der Waals surface area contributed by atoms with Crippen molar-refractivity contribution in [2.75, 3.05) is 39.3 Å². The van der Waals surface area contributed by atoms with Gasteiger partial charge in [0, 0.05) is 32.2 Å². The molecule has 0 atom stereocenters. The minimum atomic E-state index is -0.397. The van der Waals surface area contributed by atoms with Crippen molar-refractivity contribution in [3.05, 3.63) is 0 Å². The number of ether oxygens (including phenoxy) is 1. The van der Waals surface area contributed by atoms with Crippen LogP contribution in [0.2, 0.25) is 0 Å². The second kappa shape index (κ2) is 6.09. The van der Waals surface area contributed by atoms with Crippen molar-refractivity contribution in [1.82, 2.24) is 15.1 Å². The molecule has 19 heavy (non-hydrogen) atoms. The molecule has 0 unspecified atom stereocenters. The lowest BCUT2D eigenvalue weighted by Crippen LogP contribution is -2.61. The van der Waals surface area contributed by atoms with Gasteiger partial charge in [-0.1, -0.05) is 0 Å². The maximum Gasteiger partial charge on any atom is 0.410 e. The Balaban J connectivity index is 1.54. The van der Waals surface area contributed by atoms with Crippen molar-refractivity contribution in [1.29, 1.82) is 0 Å². The van der Waals surface area contributed by atoms with Crippen LogP contribution in [0.15, 0.2) is 0 Å². The molecule has 2 fully saturated rings. The molecule has 2 rings (SSSR count). The average molecular weight is 269 g/mol. The van der Waals surface area contributed by atoms with Crippen molar-refractivity contribution in [2.24, 2.45) is 0 Å². The molecule has 0 aromatic rings. The number of likely N-dealkylation sites (tertiary alicyclic amines) is 2. The van der Waals surface area contributed by atoms with Crippen LogP contribution in [0.5, 0.6) is 0 Å². The fourth-order valence-corrected chi connectivity index (χ4v) is 2.52. The lowest BCUT2D eigenvalue weighted by Gasteiger charge is -2.40. The zero-order chi connectivity index (χ0) is 13.9. The smallest absolute Gasteiger partial charge is 0.410 e. The minimum absolute atomic E-state index is 0.190. The first-order valence-corrected chi connectivity index (χ1v) is 7.38. The average Bonchev–Trinajstić information content (AvgIpc) is 2.71. The Hall–Kier alpha value is -0.810. The van der Waals surface area contributed by atoms with Gasteiger partial charge in [0.2, 0.25) is 0 Å². The van der Waals surface area contributed by atoms with E-state index in [2.05, 4.69) is 10.2 Å². The summed E-state index contributed by atoms with van der Waals surface area (Å²) in [6, 6.07) is 0.440. The first-order chi connectivity index (χ1) is 8.94. The van der Waals surface area contributed by atoms with E-state index in [0.717, 1.165) is 26.2 Å². The largest absolute Gasteiger partial charge is 0.444 e. The standard InChI is InChI=1S/C14H27N3O2/c1-14(2,3)19-13(18)17-10-12(11-17)15-6-9-16-7-4-5-8-16/h12,15H,4-11H2,1-3H3. The second-order valence-electron chi connectivity index (χ2n) is 6.59. The number of amides is 1. The van der Waals surface area contributed by atoms with Gasteiger partial charge >= 0.3 is 6.09 Å². The molecule has 0 aromatic carbocycles. The number of nitrogens with zero attached hydrogens (tertiary/aromatic N) is 2. The summed E-state index contributed by atoms with van der Waals surface area (Å²) < 4.78 is 5.33. The Morgan fingerprint density at radius 2 is 1.89 bits per heavy atom. The summed E-state index contributed by atoms with van der Waals surface area (Å²) in [5.41, 5.74) is -0.397. The molecular formula is C14H27N3O2. The molecule has 5 heteroatoms. The second-order valence-corrected chi connectivity index (χ2v) is 6.59. The molecule has 2 aliphatic rings. The summed E-state index contributed by atoms with van der Waals surface area (Å²) in [5.74, 6) is 0. The van der Waals surface area contributed by atoms with Gasteiger partial charge in [-0.3, -0.25) is 0 Å². The third-order valence-electron chi connectivity index (χ3n) is 3.59. The molecule has 0 saturated carbocycles. The monoisotopic (exact) mass is 269 g/mol. The summed E-state index contributed by atoms with van der Waals surface area (Å²) in [7, 11) is 0. The van der Waals surface area contributed by atoms with Crippen molar-refractivity contribution < 1.29 is 9.53 Å². The van der Waals surface area contributed by atoms with Crippen LogP contribution in [-0.2, 0) is 4.74 Å². The fraction of sp³-hybridized carbons (Fsp3) is 0.929. The van der Waals surface area contributed by atoms with E-state index in [-0.39, 0.29) is 6.09 Å². The van der Waals surface area contributed by atoms with Crippen LogP contribution in [0.25, 0.3) is 0 Å². The van der Waals surface area contributed by atoms with Gasteiger partial charge in [-0.2, -0.15) is 0 Å². The van der Waals surface area contributed by atoms with Crippen molar-refractivity contribution in [3.63, 3.8) is 0 Å². The van der Waals surface area contributed by atoms with E-state index >= 15 is 0 Å². The maximum absolute atomic E-state index is 11.7.